The number of H-pyrrole nitrogens is 2. The summed E-state index contributed by atoms with van der Waals surface area (Å²) in [5.74, 6) is -0.273. The first kappa shape index (κ1) is 20.8. The zero-order chi connectivity index (χ0) is 23.4. The van der Waals surface area contributed by atoms with Crippen LogP contribution in [-0.4, -0.2) is 65.7 Å². The Labute approximate surface area is 196 Å². The van der Waals surface area contributed by atoms with E-state index < -0.39 is 5.69 Å². The van der Waals surface area contributed by atoms with Gasteiger partial charge in [-0.3, -0.25) is 14.8 Å². The molecule has 2 fully saturated rings. The molecule has 5 N–H and O–H groups in total. The van der Waals surface area contributed by atoms with Crippen molar-refractivity contribution in [2.24, 2.45) is 10.7 Å². The van der Waals surface area contributed by atoms with Gasteiger partial charge in [0.05, 0.1) is 27.7 Å². The number of nitrogens with two attached hydrogens (primary N) is 1. The number of aromatic hydroxyl groups is 1. The SMILES string of the molecule is NC1CCN(C(=O)c2ccc(-c3cc(=NC4CC4)n4nc/c(=C/c5[nH]c(=O)[nH]c5O)c4n3)s2)C1. The van der Waals surface area contributed by atoms with E-state index in [0.29, 0.717) is 40.0 Å². The van der Waals surface area contributed by atoms with E-state index in [1.165, 1.54) is 11.3 Å². The van der Waals surface area contributed by atoms with Gasteiger partial charge in [-0.2, -0.15) is 9.61 Å². The summed E-state index contributed by atoms with van der Waals surface area (Å²) in [6.07, 6.45) is 6.10. The topological polar surface area (TPSA) is 158 Å². The molecule has 4 aromatic heterocycles. The first-order valence-electron chi connectivity index (χ1n) is 11.1. The molecule has 1 atom stereocenters. The number of thiophene rings is 1. The molecule has 1 saturated heterocycles. The van der Waals surface area contributed by atoms with Crippen LogP contribution >= 0.6 is 11.3 Å². The van der Waals surface area contributed by atoms with Gasteiger partial charge in [0, 0.05) is 30.4 Å². The summed E-state index contributed by atoms with van der Waals surface area (Å²) < 4.78 is 1.65. The Morgan fingerprint density at radius 1 is 1.29 bits per heavy atom. The van der Waals surface area contributed by atoms with Gasteiger partial charge in [0.1, 0.15) is 5.69 Å². The third-order valence-electron chi connectivity index (χ3n) is 5.96. The molecule has 174 valence electrons. The van der Waals surface area contributed by atoms with Crippen LogP contribution in [0.4, 0.5) is 0 Å². The van der Waals surface area contributed by atoms with Crippen LogP contribution in [0.5, 0.6) is 5.88 Å². The Bertz CT molecular complexity index is 1590. The zero-order valence-corrected chi connectivity index (χ0v) is 18.9. The number of likely N-dealkylation sites (tertiary alicyclic amines) is 1. The average molecular weight is 479 g/mol. The molecule has 6 rings (SSSR count). The average Bonchev–Trinajstić information content (AvgIpc) is 3.18. The van der Waals surface area contributed by atoms with Crippen molar-refractivity contribution in [3.05, 3.63) is 56.2 Å². The van der Waals surface area contributed by atoms with Crippen molar-refractivity contribution in [2.75, 3.05) is 13.1 Å². The number of imidazole rings is 1. The molecule has 12 heteroatoms. The second-order valence-corrected chi connectivity index (χ2v) is 9.73. The molecule has 5 heterocycles. The Balaban J connectivity index is 1.46. The van der Waals surface area contributed by atoms with Crippen LogP contribution in [0, 0.1) is 0 Å². The summed E-state index contributed by atoms with van der Waals surface area (Å²) in [6.45, 7) is 1.24. The van der Waals surface area contributed by atoms with Gasteiger partial charge in [-0.05, 0) is 37.5 Å². The molecule has 1 amide bonds. The van der Waals surface area contributed by atoms with E-state index in [1.807, 2.05) is 18.2 Å². The number of aromatic amines is 2. The summed E-state index contributed by atoms with van der Waals surface area (Å²) in [5, 5.41) is 15.0. The minimum Gasteiger partial charge on any atom is -0.493 e. The first-order valence-corrected chi connectivity index (χ1v) is 11.9. The van der Waals surface area contributed by atoms with Gasteiger partial charge < -0.3 is 20.7 Å². The third-order valence-corrected chi connectivity index (χ3v) is 7.05. The lowest BCUT2D eigenvalue weighted by atomic mass is 10.3. The van der Waals surface area contributed by atoms with Crippen LogP contribution in [0.3, 0.4) is 0 Å². The number of nitrogens with one attached hydrogen (secondary N) is 2. The minimum atomic E-state index is -0.506. The van der Waals surface area contributed by atoms with Crippen molar-refractivity contribution >= 4 is 29.0 Å². The smallest absolute Gasteiger partial charge is 0.326 e. The maximum absolute atomic E-state index is 12.9. The molecule has 0 aromatic carbocycles. The first-order chi connectivity index (χ1) is 16.4. The number of nitrogens with zero attached hydrogens (tertiary/aromatic N) is 5. The lowest BCUT2D eigenvalue weighted by Gasteiger charge is -2.14. The fourth-order valence-corrected chi connectivity index (χ4v) is 4.98. The summed E-state index contributed by atoms with van der Waals surface area (Å²) in [7, 11) is 0. The number of aromatic nitrogens is 5. The van der Waals surface area contributed by atoms with Crippen molar-refractivity contribution in [3.8, 4) is 16.5 Å². The second-order valence-electron chi connectivity index (χ2n) is 8.64. The van der Waals surface area contributed by atoms with Crippen molar-refractivity contribution in [2.45, 2.75) is 31.3 Å². The minimum absolute atomic E-state index is 0.0153. The lowest BCUT2D eigenvalue weighted by Crippen LogP contribution is -2.31. The van der Waals surface area contributed by atoms with Gasteiger partial charge in [0.25, 0.3) is 5.91 Å². The van der Waals surface area contributed by atoms with E-state index >= 15 is 0 Å². The number of fused-ring (bicyclic) bond motifs is 1. The molecule has 34 heavy (non-hydrogen) atoms. The zero-order valence-electron chi connectivity index (χ0n) is 18.1. The normalized spacial score (nSPS) is 19.6. The maximum Gasteiger partial charge on any atom is 0.326 e. The van der Waals surface area contributed by atoms with Crippen LogP contribution in [0.2, 0.25) is 0 Å². The molecule has 0 spiro atoms. The Morgan fingerprint density at radius 3 is 2.85 bits per heavy atom. The number of hydrogen-bond donors (Lipinski definition) is 4. The van der Waals surface area contributed by atoms with Crippen LogP contribution in [-0.2, 0) is 0 Å². The van der Waals surface area contributed by atoms with Crippen LogP contribution in [0.25, 0.3) is 22.3 Å². The van der Waals surface area contributed by atoms with E-state index in [4.69, 9.17) is 15.7 Å². The Morgan fingerprint density at radius 2 is 2.15 bits per heavy atom. The van der Waals surface area contributed by atoms with Crippen molar-refractivity contribution < 1.29 is 9.90 Å². The fraction of sp³-hybridized carbons (Fsp3) is 0.318. The van der Waals surface area contributed by atoms with Crippen molar-refractivity contribution in [1.82, 2.24) is 29.5 Å². The summed E-state index contributed by atoms with van der Waals surface area (Å²) in [4.78, 5) is 42.1. The highest BCUT2D eigenvalue weighted by molar-refractivity contribution is 7.17. The molecular weight excluding hydrogens is 456 g/mol. The molecule has 1 aliphatic heterocycles. The molecule has 0 radical (unpaired) electrons. The molecule has 1 saturated carbocycles. The molecule has 11 nitrogen and oxygen atoms in total. The summed E-state index contributed by atoms with van der Waals surface area (Å²) >= 11 is 1.38. The van der Waals surface area contributed by atoms with E-state index in [9.17, 15) is 14.7 Å². The van der Waals surface area contributed by atoms with Gasteiger partial charge in [-0.1, -0.05) is 0 Å². The summed E-state index contributed by atoms with van der Waals surface area (Å²) in [5.41, 5.74) is 7.57. The number of hydrogen-bond acceptors (Lipinski definition) is 8. The van der Waals surface area contributed by atoms with Crippen LogP contribution in [0.1, 0.15) is 34.6 Å². The number of rotatable bonds is 4. The molecular formula is C22H22N8O3S. The van der Waals surface area contributed by atoms with E-state index in [1.54, 1.807) is 21.7 Å². The largest absolute Gasteiger partial charge is 0.493 e. The van der Waals surface area contributed by atoms with Crippen LogP contribution in [0.15, 0.2) is 34.2 Å². The Kier molecular flexibility index (Phi) is 4.85. The van der Waals surface area contributed by atoms with Crippen molar-refractivity contribution in [3.63, 3.8) is 0 Å². The van der Waals surface area contributed by atoms with Gasteiger partial charge >= 0.3 is 5.69 Å². The van der Waals surface area contributed by atoms with E-state index in [0.717, 1.165) is 24.1 Å². The number of carbonyl (C=O) groups is 1. The van der Waals surface area contributed by atoms with Crippen LogP contribution < -0.4 is 22.1 Å². The molecule has 0 bridgehead atoms. The second kappa shape index (κ2) is 7.92. The van der Waals surface area contributed by atoms with Gasteiger partial charge in [-0.25, -0.2) is 9.78 Å². The highest BCUT2D eigenvalue weighted by atomic mass is 32.1. The van der Waals surface area contributed by atoms with E-state index in [-0.39, 0.29) is 29.6 Å². The Hall–Kier alpha value is -3.77. The van der Waals surface area contributed by atoms with Gasteiger partial charge in [0.15, 0.2) is 11.1 Å². The standard InChI is InChI=1S/C22H22N8O3S/c23-12-5-6-29(10-12)21(32)17-4-3-16(34-17)14-8-18(25-13-1-2-13)30-19(26-14)11(9-24-30)7-15-20(31)28-22(33)27-15/h3-4,7-9,12-13,31H,1-2,5-6,10,23H2,(H2,27,28,33)/b11-7-,25-18?. The molecule has 1 unspecified atom stereocenters. The third kappa shape index (κ3) is 3.80. The number of carbonyl (C=O) groups excluding carboxylic acids is 1. The summed E-state index contributed by atoms with van der Waals surface area (Å²) in [6, 6.07) is 5.89. The molecule has 4 aromatic rings. The molecule has 1 aliphatic carbocycles. The maximum atomic E-state index is 12.9. The predicted octanol–water partition coefficient (Wildman–Crippen LogP) is -0.0362. The van der Waals surface area contributed by atoms with Gasteiger partial charge in [-0.15, -0.1) is 11.3 Å². The molecule has 2 aliphatic rings. The van der Waals surface area contributed by atoms with E-state index in [2.05, 4.69) is 15.1 Å². The highest BCUT2D eigenvalue weighted by Crippen LogP contribution is 2.28. The highest BCUT2D eigenvalue weighted by Gasteiger charge is 2.26. The van der Waals surface area contributed by atoms with Gasteiger partial charge in [0.2, 0.25) is 5.88 Å². The monoisotopic (exact) mass is 478 g/mol. The quantitative estimate of drug-likeness (QED) is 0.322. The lowest BCUT2D eigenvalue weighted by molar-refractivity contribution is 0.0795. The van der Waals surface area contributed by atoms with Crippen molar-refractivity contribution in [1.29, 1.82) is 0 Å². The predicted molar refractivity (Wildman–Crippen MR) is 125 cm³/mol. The fourth-order valence-electron chi connectivity index (χ4n) is 4.04. The number of amides is 1.